The Balaban J connectivity index is 2.00. The number of amides is 1. The summed E-state index contributed by atoms with van der Waals surface area (Å²) in [5.41, 5.74) is 6.69. The van der Waals surface area contributed by atoms with Gasteiger partial charge in [0.15, 0.2) is 0 Å². The zero-order chi connectivity index (χ0) is 15.3. The van der Waals surface area contributed by atoms with E-state index in [2.05, 4.69) is 41.1 Å². The number of carbonyl (C=O) groups excluding carboxylic acids is 1. The van der Waals surface area contributed by atoms with Gasteiger partial charge in [-0.2, -0.15) is 0 Å². The van der Waals surface area contributed by atoms with Crippen molar-refractivity contribution in [3.8, 4) is 11.8 Å². The Labute approximate surface area is 125 Å². The Hall–Kier alpha value is -1.90. The first-order chi connectivity index (χ1) is 10.1. The minimum atomic E-state index is -0.105. The molecule has 0 unspecified atom stereocenters. The van der Waals surface area contributed by atoms with Crippen LogP contribution < -0.4 is 11.1 Å². The predicted octanol–water partition coefficient (Wildman–Crippen LogP) is 0.606. The summed E-state index contributed by atoms with van der Waals surface area (Å²) < 4.78 is 0. The topological polar surface area (TPSA) is 71.2 Å². The van der Waals surface area contributed by atoms with E-state index in [1.807, 2.05) is 0 Å². The van der Waals surface area contributed by atoms with Crippen molar-refractivity contribution in [2.24, 2.45) is 5.73 Å². The molecule has 0 bridgehead atoms. The molecule has 0 spiro atoms. The number of nitrogens with one attached hydrogen (secondary N) is 1. The van der Waals surface area contributed by atoms with Gasteiger partial charge >= 0.3 is 0 Å². The van der Waals surface area contributed by atoms with E-state index in [4.69, 9.17) is 5.73 Å². The number of nitrogens with zero attached hydrogens (tertiary/aromatic N) is 2. The summed E-state index contributed by atoms with van der Waals surface area (Å²) in [7, 11) is 4.13. The van der Waals surface area contributed by atoms with Crippen molar-refractivity contribution in [3.63, 3.8) is 0 Å². The summed E-state index contributed by atoms with van der Waals surface area (Å²) in [5, 5.41) is 3.01. The fourth-order valence-electron chi connectivity index (χ4n) is 2.50. The molecule has 1 aromatic heterocycles. The van der Waals surface area contributed by atoms with Gasteiger partial charge in [0.2, 0.25) is 0 Å². The zero-order valence-electron chi connectivity index (χ0n) is 12.6. The molecule has 0 radical (unpaired) electrons. The molecular formula is C16H22N4O. The van der Waals surface area contributed by atoms with Gasteiger partial charge in [0.25, 0.3) is 5.91 Å². The highest BCUT2D eigenvalue weighted by Gasteiger charge is 2.39. The van der Waals surface area contributed by atoms with Gasteiger partial charge in [0.05, 0.1) is 12.1 Å². The highest BCUT2D eigenvalue weighted by atomic mass is 16.1. The average molecular weight is 286 g/mol. The number of carbonyl (C=O) groups is 1. The number of nitrogens with two attached hydrogens (primary N) is 1. The van der Waals surface area contributed by atoms with Gasteiger partial charge in [-0.3, -0.25) is 9.78 Å². The van der Waals surface area contributed by atoms with E-state index in [9.17, 15) is 4.79 Å². The molecule has 0 aromatic carbocycles. The van der Waals surface area contributed by atoms with Crippen molar-refractivity contribution in [2.75, 3.05) is 27.2 Å². The Morgan fingerprint density at radius 2 is 2.24 bits per heavy atom. The Morgan fingerprint density at radius 1 is 1.48 bits per heavy atom. The summed E-state index contributed by atoms with van der Waals surface area (Å²) in [6.07, 6.45) is 6.67. The van der Waals surface area contributed by atoms with Crippen LogP contribution in [0.3, 0.4) is 0 Å². The van der Waals surface area contributed by atoms with Gasteiger partial charge in [0.1, 0.15) is 0 Å². The van der Waals surface area contributed by atoms with Crippen LogP contribution in [0, 0.1) is 11.8 Å². The molecule has 112 valence electrons. The molecule has 1 aliphatic carbocycles. The normalized spacial score (nSPS) is 15.8. The van der Waals surface area contributed by atoms with Crippen molar-refractivity contribution >= 4 is 5.91 Å². The lowest BCUT2D eigenvalue weighted by Crippen LogP contribution is -2.57. The lowest BCUT2D eigenvalue weighted by atomic mass is 9.75. The average Bonchev–Trinajstić information content (AvgIpc) is 2.43. The first kappa shape index (κ1) is 15.5. The molecular weight excluding hydrogens is 264 g/mol. The molecule has 1 amide bonds. The maximum atomic E-state index is 12.2. The summed E-state index contributed by atoms with van der Waals surface area (Å²) >= 11 is 0. The summed E-state index contributed by atoms with van der Waals surface area (Å²) in [5.74, 6) is 5.54. The second-order valence-electron chi connectivity index (χ2n) is 5.62. The third kappa shape index (κ3) is 3.60. The van der Waals surface area contributed by atoms with Gasteiger partial charge in [-0.05, 0) is 39.4 Å². The molecule has 5 heteroatoms. The fourth-order valence-corrected chi connectivity index (χ4v) is 2.50. The predicted molar refractivity (Wildman–Crippen MR) is 82.8 cm³/mol. The Bertz CT molecular complexity index is 567. The van der Waals surface area contributed by atoms with Crippen LogP contribution >= 0.6 is 0 Å². The van der Waals surface area contributed by atoms with E-state index in [-0.39, 0.29) is 11.4 Å². The van der Waals surface area contributed by atoms with Crippen LogP contribution in [0.5, 0.6) is 0 Å². The number of aromatic nitrogens is 1. The molecule has 1 heterocycles. The molecule has 1 fully saturated rings. The second-order valence-corrected chi connectivity index (χ2v) is 5.62. The van der Waals surface area contributed by atoms with Crippen molar-refractivity contribution in [1.29, 1.82) is 0 Å². The third-order valence-electron chi connectivity index (χ3n) is 4.15. The summed E-state index contributed by atoms with van der Waals surface area (Å²) in [6, 6.07) is 1.74. The Morgan fingerprint density at radius 3 is 2.81 bits per heavy atom. The number of hydrogen-bond donors (Lipinski definition) is 2. The van der Waals surface area contributed by atoms with E-state index in [0.717, 1.165) is 12.8 Å². The smallest absolute Gasteiger partial charge is 0.252 e. The first-order valence-corrected chi connectivity index (χ1v) is 7.17. The summed E-state index contributed by atoms with van der Waals surface area (Å²) in [4.78, 5) is 18.5. The van der Waals surface area contributed by atoms with Gasteiger partial charge in [-0.15, -0.1) is 0 Å². The standard InChI is InChI=1S/C16H22N4O/c1-20(2)16(6-4-7-16)12-19-15(21)14-9-13(5-3-8-17)10-18-11-14/h9-11H,4,6-8,12,17H2,1-2H3,(H,19,21). The van der Waals surface area contributed by atoms with Gasteiger partial charge < -0.3 is 16.0 Å². The monoisotopic (exact) mass is 286 g/mol. The zero-order valence-corrected chi connectivity index (χ0v) is 12.6. The van der Waals surface area contributed by atoms with Crippen LogP contribution in [0.4, 0.5) is 0 Å². The van der Waals surface area contributed by atoms with Crippen molar-refractivity contribution < 1.29 is 4.79 Å². The van der Waals surface area contributed by atoms with Crippen LogP contribution in [0.25, 0.3) is 0 Å². The highest BCUT2D eigenvalue weighted by molar-refractivity contribution is 5.94. The number of pyridine rings is 1. The minimum absolute atomic E-state index is 0.105. The van der Waals surface area contributed by atoms with E-state index in [1.165, 1.54) is 6.42 Å². The largest absolute Gasteiger partial charge is 0.350 e. The van der Waals surface area contributed by atoms with Crippen molar-refractivity contribution in [1.82, 2.24) is 15.2 Å². The van der Waals surface area contributed by atoms with E-state index >= 15 is 0 Å². The number of likely N-dealkylation sites (N-methyl/N-ethyl adjacent to an activating group) is 1. The van der Waals surface area contributed by atoms with Crippen molar-refractivity contribution in [2.45, 2.75) is 24.8 Å². The van der Waals surface area contributed by atoms with Crippen LogP contribution in [0.2, 0.25) is 0 Å². The maximum Gasteiger partial charge on any atom is 0.252 e. The van der Waals surface area contributed by atoms with E-state index in [1.54, 1.807) is 18.5 Å². The molecule has 0 aliphatic heterocycles. The second kappa shape index (κ2) is 6.70. The van der Waals surface area contributed by atoms with E-state index in [0.29, 0.717) is 24.2 Å². The number of hydrogen-bond acceptors (Lipinski definition) is 4. The molecule has 0 saturated heterocycles. The SMILES string of the molecule is CN(C)C1(CNC(=O)c2cncc(C#CCN)c2)CCC1. The van der Waals surface area contributed by atoms with E-state index < -0.39 is 0 Å². The lowest BCUT2D eigenvalue weighted by molar-refractivity contribution is 0.0557. The fraction of sp³-hybridized carbons (Fsp3) is 0.500. The maximum absolute atomic E-state index is 12.2. The molecule has 1 aromatic rings. The molecule has 1 saturated carbocycles. The van der Waals surface area contributed by atoms with Crippen LogP contribution in [-0.4, -0.2) is 48.5 Å². The van der Waals surface area contributed by atoms with Gasteiger partial charge in [-0.1, -0.05) is 11.8 Å². The van der Waals surface area contributed by atoms with Gasteiger partial charge in [0, 0.05) is 30.0 Å². The molecule has 21 heavy (non-hydrogen) atoms. The lowest BCUT2D eigenvalue weighted by Gasteiger charge is -2.47. The first-order valence-electron chi connectivity index (χ1n) is 7.17. The van der Waals surface area contributed by atoms with Crippen LogP contribution in [-0.2, 0) is 0 Å². The van der Waals surface area contributed by atoms with Crippen LogP contribution in [0.1, 0.15) is 35.2 Å². The third-order valence-corrected chi connectivity index (χ3v) is 4.15. The summed E-state index contributed by atoms with van der Waals surface area (Å²) in [6.45, 7) is 0.958. The quantitative estimate of drug-likeness (QED) is 0.795. The molecule has 0 atom stereocenters. The van der Waals surface area contributed by atoms with Gasteiger partial charge in [-0.25, -0.2) is 0 Å². The van der Waals surface area contributed by atoms with Crippen molar-refractivity contribution in [3.05, 3.63) is 29.6 Å². The molecule has 2 rings (SSSR count). The Kier molecular flexibility index (Phi) is 4.94. The number of rotatable bonds is 4. The minimum Gasteiger partial charge on any atom is -0.350 e. The molecule has 3 N–H and O–H groups in total. The molecule has 5 nitrogen and oxygen atoms in total. The van der Waals surface area contributed by atoms with Crippen LogP contribution in [0.15, 0.2) is 18.5 Å². The highest BCUT2D eigenvalue weighted by Crippen LogP contribution is 2.35. The molecule has 1 aliphatic rings.